The Labute approximate surface area is 129 Å². The Balaban J connectivity index is 1.94. The molecule has 1 amide bonds. The molecule has 0 N–H and O–H groups in total. The predicted octanol–water partition coefficient (Wildman–Crippen LogP) is 3.93. The van der Waals surface area contributed by atoms with Gasteiger partial charge in [0.25, 0.3) is 5.91 Å². The molecule has 0 radical (unpaired) electrons. The molecule has 1 aliphatic heterocycles. The van der Waals surface area contributed by atoms with E-state index in [0.29, 0.717) is 6.04 Å². The van der Waals surface area contributed by atoms with Crippen LogP contribution in [0, 0.1) is 6.92 Å². The van der Waals surface area contributed by atoms with Gasteiger partial charge >= 0.3 is 0 Å². The van der Waals surface area contributed by atoms with Crippen molar-refractivity contribution in [2.24, 2.45) is 0 Å². The highest BCUT2D eigenvalue weighted by molar-refractivity contribution is 9.10. The van der Waals surface area contributed by atoms with E-state index in [1.165, 1.54) is 6.42 Å². The second-order valence-electron chi connectivity index (χ2n) is 5.37. The van der Waals surface area contributed by atoms with E-state index in [2.05, 4.69) is 22.9 Å². The number of carbonyl (C=O) groups excluding carboxylic acids is 1. The molecule has 0 aromatic heterocycles. The molecule has 2 rings (SSSR count). The maximum atomic E-state index is 12.3. The number of hydrogen-bond acceptors (Lipinski definition) is 2. The number of piperidine rings is 1. The van der Waals surface area contributed by atoms with Gasteiger partial charge in [-0.05, 0) is 66.2 Å². The third kappa shape index (κ3) is 3.75. The quantitative estimate of drug-likeness (QED) is 0.831. The number of ether oxygens (including phenoxy) is 1. The van der Waals surface area contributed by atoms with Crippen LogP contribution in [0.5, 0.6) is 5.75 Å². The summed E-state index contributed by atoms with van der Waals surface area (Å²) in [5, 5.41) is 0. The van der Waals surface area contributed by atoms with Crippen molar-refractivity contribution in [3.63, 3.8) is 0 Å². The maximum Gasteiger partial charge on any atom is 0.260 e. The molecule has 1 atom stereocenters. The summed E-state index contributed by atoms with van der Waals surface area (Å²) in [6.45, 7) is 5.17. The number of benzene rings is 1. The smallest absolute Gasteiger partial charge is 0.260 e. The van der Waals surface area contributed by atoms with Crippen LogP contribution in [0.1, 0.15) is 38.2 Å². The molecule has 1 heterocycles. The van der Waals surface area contributed by atoms with E-state index in [-0.39, 0.29) is 12.5 Å². The van der Waals surface area contributed by atoms with Crippen molar-refractivity contribution in [1.29, 1.82) is 0 Å². The lowest BCUT2D eigenvalue weighted by molar-refractivity contribution is -0.137. The van der Waals surface area contributed by atoms with Crippen molar-refractivity contribution in [1.82, 2.24) is 4.90 Å². The van der Waals surface area contributed by atoms with Crippen molar-refractivity contribution in [2.45, 2.75) is 45.6 Å². The summed E-state index contributed by atoms with van der Waals surface area (Å²) in [7, 11) is 0. The number of nitrogens with zero attached hydrogens (tertiary/aromatic N) is 1. The summed E-state index contributed by atoms with van der Waals surface area (Å²) in [6.07, 6.45) is 4.49. The summed E-state index contributed by atoms with van der Waals surface area (Å²) >= 11 is 3.47. The first kappa shape index (κ1) is 15.4. The second-order valence-corrected chi connectivity index (χ2v) is 6.22. The van der Waals surface area contributed by atoms with Gasteiger partial charge in [-0.3, -0.25) is 4.79 Å². The van der Waals surface area contributed by atoms with Gasteiger partial charge in [0, 0.05) is 12.6 Å². The zero-order valence-corrected chi connectivity index (χ0v) is 13.8. The van der Waals surface area contributed by atoms with Gasteiger partial charge in [0.2, 0.25) is 0 Å². The first-order valence-electron chi connectivity index (χ1n) is 7.30. The number of carbonyl (C=O) groups is 1. The van der Waals surface area contributed by atoms with Crippen molar-refractivity contribution in [2.75, 3.05) is 13.2 Å². The minimum absolute atomic E-state index is 0.101. The molecule has 0 spiro atoms. The first-order valence-corrected chi connectivity index (χ1v) is 8.09. The molecule has 1 aliphatic rings. The summed E-state index contributed by atoms with van der Waals surface area (Å²) < 4.78 is 6.56. The van der Waals surface area contributed by atoms with Gasteiger partial charge < -0.3 is 9.64 Å². The molecule has 0 unspecified atom stereocenters. The van der Waals surface area contributed by atoms with Crippen LogP contribution in [0.3, 0.4) is 0 Å². The fraction of sp³-hybridized carbons (Fsp3) is 0.562. The van der Waals surface area contributed by atoms with Crippen LogP contribution >= 0.6 is 15.9 Å². The van der Waals surface area contributed by atoms with Gasteiger partial charge in [0.1, 0.15) is 5.75 Å². The van der Waals surface area contributed by atoms with Gasteiger partial charge in [-0.15, -0.1) is 0 Å². The number of rotatable bonds is 4. The number of hydrogen-bond donors (Lipinski definition) is 0. The van der Waals surface area contributed by atoms with Crippen LogP contribution in [0.2, 0.25) is 0 Å². The number of amides is 1. The largest absolute Gasteiger partial charge is 0.483 e. The SMILES string of the molecule is CC[C@@H]1CCCCN1C(=O)COc1ccc(C)cc1Br. The van der Waals surface area contributed by atoms with E-state index in [4.69, 9.17) is 4.74 Å². The number of aryl methyl sites for hydroxylation is 1. The first-order chi connectivity index (χ1) is 9.61. The standard InChI is InChI=1S/C16H22BrNO2/c1-3-13-6-4-5-9-18(13)16(19)11-20-15-8-7-12(2)10-14(15)17/h7-8,10,13H,3-6,9,11H2,1-2H3/t13-/m1/s1. The Kier molecular flexibility index (Phi) is 5.46. The topological polar surface area (TPSA) is 29.5 Å². The highest BCUT2D eigenvalue weighted by atomic mass is 79.9. The van der Waals surface area contributed by atoms with Crippen molar-refractivity contribution >= 4 is 21.8 Å². The lowest BCUT2D eigenvalue weighted by Crippen LogP contribution is -2.45. The number of likely N-dealkylation sites (tertiary alicyclic amines) is 1. The van der Waals surface area contributed by atoms with E-state index in [0.717, 1.165) is 41.6 Å². The lowest BCUT2D eigenvalue weighted by Gasteiger charge is -2.35. The van der Waals surface area contributed by atoms with E-state index in [1.807, 2.05) is 30.0 Å². The minimum atomic E-state index is 0.101. The highest BCUT2D eigenvalue weighted by Gasteiger charge is 2.25. The normalized spacial score (nSPS) is 18.9. The van der Waals surface area contributed by atoms with E-state index in [9.17, 15) is 4.79 Å². The predicted molar refractivity (Wildman–Crippen MR) is 84.0 cm³/mol. The molecule has 1 saturated heterocycles. The fourth-order valence-electron chi connectivity index (χ4n) is 2.70. The Hall–Kier alpha value is -1.03. The third-order valence-electron chi connectivity index (χ3n) is 3.86. The fourth-order valence-corrected chi connectivity index (χ4v) is 3.31. The summed E-state index contributed by atoms with van der Waals surface area (Å²) in [4.78, 5) is 14.3. The molecule has 4 heteroatoms. The molecule has 1 fully saturated rings. The van der Waals surface area contributed by atoms with Crippen molar-refractivity contribution < 1.29 is 9.53 Å². The molecule has 110 valence electrons. The molecule has 0 aliphatic carbocycles. The van der Waals surface area contributed by atoms with Gasteiger partial charge in [-0.2, -0.15) is 0 Å². The van der Waals surface area contributed by atoms with E-state index >= 15 is 0 Å². The molecule has 0 bridgehead atoms. The van der Waals surface area contributed by atoms with E-state index in [1.54, 1.807) is 0 Å². The number of halogens is 1. The van der Waals surface area contributed by atoms with Crippen LogP contribution in [0.4, 0.5) is 0 Å². The molecule has 0 saturated carbocycles. The zero-order chi connectivity index (χ0) is 14.5. The lowest BCUT2D eigenvalue weighted by atomic mass is 10.00. The van der Waals surface area contributed by atoms with Crippen LogP contribution in [0.25, 0.3) is 0 Å². The average Bonchev–Trinajstić information content (AvgIpc) is 2.46. The Morgan fingerprint density at radius 2 is 2.25 bits per heavy atom. The molecule has 20 heavy (non-hydrogen) atoms. The van der Waals surface area contributed by atoms with Gasteiger partial charge in [-0.25, -0.2) is 0 Å². The van der Waals surface area contributed by atoms with Crippen LogP contribution in [-0.2, 0) is 4.79 Å². The van der Waals surface area contributed by atoms with Gasteiger partial charge in [-0.1, -0.05) is 13.0 Å². The van der Waals surface area contributed by atoms with Crippen LogP contribution < -0.4 is 4.74 Å². The molecule has 1 aromatic rings. The Bertz CT molecular complexity index is 476. The summed E-state index contributed by atoms with van der Waals surface area (Å²) in [5.41, 5.74) is 1.16. The Morgan fingerprint density at radius 1 is 1.45 bits per heavy atom. The summed E-state index contributed by atoms with van der Waals surface area (Å²) in [5.74, 6) is 0.832. The van der Waals surface area contributed by atoms with Gasteiger partial charge in [0.15, 0.2) is 6.61 Å². The molecule has 1 aromatic carbocycles. The monoisotopic (exact) mass is 339 g/mol. The zero-order valence-electron chi connectivity index (χ0n) is 12.2. The van der Waals surface area contributed by atoms with Crippen LogP contribution in [0.15, 0.2) is 22.7 Å². The molecular weight excluding hydrogens is 318 g/mol. The van der Waals surface area contributed by atoms with Crippen molar-refractivity contribution in [3.8, 4) is 5.75 Å². The van der Waals surface area contributed by atoms with E-state index < -0.39 is 0 Å². The maximum absolute atomic E-state index is 12.3. The minimum Gasteiger partial charge on any atom is -0.483 e. The third-order valence-corrected chi connectivity index (χ3v) is 4.48. The van der Waals surface area contributed by atoms with Crippen LogP contribution in [-0.4, -0.2) is 30.0 Å². The van der Waals surface area contributed by atoms with Gasteiger partial charge in [0.05, 0.1) is 4.47 Å². The van der Waals surface area contributed by atoms with Crippen molar-refractivity contribution in [3.05, 3.63) is 28.2 Å². The highest BCUT2D eigenvalue weighted by Crippen LogP contribution is 2.26. The summed E-state index contributed by atoms with van der Waals surface area (Å²) in [6, 6.07) is 6.28. The second kappa shape index (κ2) is 7.11. The molecule has 3 nitrogen and oxygen atoms in total. The average molecular weight is 340 g/mol. The molecular formula is C16H22BrNO2. The Morgan fingerprint density at radius 3 is 2.95 bits per heavy atom.